The lowest BCUT2D eigenvalue weighted by Crippen LogP contribution is -2.43. The van der Waals surface area contributed by atoms with Gasteiger partial charge in [0, 0.05) is 24.0 Å². The minimum Gasteiger partial charge on any atom is -0.496 e. The fourth-order valence-corrected chi connectivity index (χ4v) is 5.19. The average molecular weight is 585 g/mol. The molecule has 5 unspecified atom stereocenters. The van der Waals surface area contributed by atoms with Crippen molar-refractivity contribution < 1.29 is 47.8 Å². The molecule has 1 aromatic carbocycles. The molecule has 0 bridgehead atoms. The molecule has 3 aromatic rings. The normalized spacial score (nSPS) is 22.1. The van der Waals surface area contributed by atoms with Gasteiger partial charge < -0.3 is 38.9 Å². The van der Waals surface area contributed by atoms with Crippen LogP contribution in [0.15, 0.2) is 64.4 Å². The Morgan fingerprint density at radius 3 is 2.59 bits per heavy atom. The van der Waals surface area contributed by atoms with Crippen molar-refractivity contribution in [2.75, 3.05) is 13.7 Å². The molecule has 4 rings (SSSR count). The van der Waals surface area contributed by atoms with Crippen molar-refractivity contribution in [3.05, 3.63) is 81.4 Å². The zero-order valence-corrected chi connectivity index (χ0v) is 22.0. The number of phosphoric acid groups is 1. The summed E-state index contributed by atoms with van der Waals surface area (Å²) in [6.45, 7) is -0.848. The predicted molar refractivity (Wildman–Crippen MR) is 134 cm³/mol. The van der Waals surface area contributed by atoms with Crippen molar-refractivity contribution in [2.24, 2.45) is 0 Å². The highest BCUT2D eigenvalue weighted by Crippen LogP contribution is 2.52. The molecule has 1 fully saturated rings. The van der Waals surface area contributed by atoms with Crippen LogP contribution < -0.4 is 16.0 Å². The summed E-state index contributed by atoms with van der Waals surface area (Å²) in [5, 5.41) is 20.8. The van der Waals surface area contributed by atoms with Crippen LogP contribution in [-0.2, 0) is 24.7 Å². The van der Waals surface area contributed by atoms with Crippen molar-refractivity contribution in [1.82, 2.24) is 14.1 Å². The van der Waals surface area contributed by atoms with Gasteiger partial charge in [-0.15, -0.1) is 0 Å². The van der Waals surface area contributed by atoms with E-state index in [4.69, 9.17) is 23.8 Å². The molecule has 5 N–H and O–H groups in total. The number of hydrogen-bond acceptors (Lipinski definition) is 11. The van der Waals surface area contributed by atoms with Crippen molar-refractivity contribution in [3.63, 3.8) is 0 Å². The molecule has 1 aliphatic rings. The Labute approximate surface area is 221 Å². The van der Waals surface area contributed by atoms with Gasteiger partial charge in [0.25, 0.3) is 5.56 Å². The van der Waals surface area contributed by atoms with Crippen molar-refractivity contribution >= 4 is 16.4 Å². The summed E-state index contributed by atoms with van der Waals surface area (Å²) >= 11 is 0. The molecule has 15 nitrogen and oxygen atoms in total. The van der Waals surface area contributed by atoms with Gasteiger partial charge in [-0.25, -0.2) is 13.7 Å². The first-order valence-corrected chi connectivity index (χ1v) is 13.9. The Hall–Kier alpha value is -2.81. The number of aliphatic hydroxyl groups is 2. The van der Waals surface area contributed by atoms with Gasteiger partial charge in [0.2, 0.25) is 0 Å². The van der Waals surface area contributed by atoms with E-state index in [0.717, 1.165) is 32.5 Å². The summed E-state index contributed by atoms with van der Waals surface area (Å²) in [7, 11) is -6.51. The van der Waals surface area contributed by atoms with Crippen LogP contribution in [0.3, 0.4) is 0 Å². The standard InChI is InChI=1S/C22H25N3O12P2/c1-34-16-5-3-2-4-15(16)13-6-8-23-14(10-13)11-25-18(26)7-9-24(22(25)29)21-20(28)19(27)17(36-21)12-35-38(30)37-39(31,32)33/h2-10,17,19-21,27-28,30H,11-12H2,1H3,(H2,31,32,33). The Morgan fingerprint density at radius 2 is 1.87 bits per heavy atom. The van der Waals surface area contributed by atoms with Crippen LogP contribution in [0.4, 0.5) is 0 Å². The number of benzene rings is 1. The topological polar surface area (TPSA) is 212 Å². The van der Waals surface area contributed by atoms with E-state index in [-0.39, 0.29) is 6.54 Å². The van der Waals surface area contributed by atoms with E-state index >= 15 is 0 Å². The second-order valence-electron chi connectivity index (χ2n) is 8.32. The van der Waals surface area contributed by atoms with Crippen molar-refractivity contribution in [3.8, 4) is 16.9 Å². The quantitative estimate of drug-likeness (QED) is 0.200. The van der Waals surface area contributed by atoms with Gasteiger partial charge in [-0.05, 0) is 23.8 Å². The maximum atomic E-state index is 13.2. The number of ether oxygens (including phenoxy) is 2. The molecule has 3 heterocycles. The summed E-state index contributed by atoms with van der Waals surface area (Å²) in [5.41, 5.74) is 0.405. The molecule has 0 saturated carbocycles. The number of pyridine rings is 1. The lowest BCUT2D eigenvalue weighted by Gasteiger charge is -2.19. The zero-order chi connectivity index (χ0) is 28.3. The molecule has 0 radical (unpaired) electrons. The van der Waals surface area contributed by atoms with Crippen LogP contribution in [0, 0.1) is 0 Å². The van der Waals surface area contributed by atoms with E-state index in [9.17, 15) is 29.3 Å². The third-order valence-corrected chi connectivity index (χ3v) is 7.57. The summed E-state index contributed by atoms with van der Waals surface area (Å²) in [5.74, 6) is 0.625. The second kappa shape index (κ2) is 12.1. The molecule has 2 aromatic heterocycles. The van der Waals surface area contributed by atoms with Gasteiger partial charge in [0.15, 0.2) is 6.23 Å². The molecule has 210 valence electrons. The first kappa shape index (κ1) is 29.2. The number of rotatable bonds is 10. The second-order valence-corrected chi connectivity index (χ2v) is 10.7. The molecule has 0 amide bonds. The van der Waals surface area contributed by atoms with Gasteiger partial charge in [0.1, 0.15) is 24.1 Å². The Balaban J connectivity index is 1.55. The van der Waals surface area contributed by atoms with Gasteiger partial charge in [-0.2, -0.15) is 0 Å². The minimum atomic E-state index is -5.03. The molecule has 0 aliphatic carbocycles. The van der Waals surface area contributed by atoms with Crippen LogP contribution in [0.1, 0.15) is 11.9 Å². The van der Waals surface area contributed by atoms with E-state index in [2.05, 4.69) is 9.29 Å². The van der Waals surface area contributed by atoms with E-state index in [0.29, 0.717) is 11.4 Å². The summed E-state index contributed by atoms with van der Waals surface area (Å²) < 4.78 is 32.3. The highest BCUT2D eigenvalue weighted by Gasteiger charge is 2.45. The molecule has 17 heteroatoms. The van der Waals surface area contributed by atoms with E-state index in [1.807, 2.05) is 18.2 Å². The largest absolute Gasteiger partial charge is 0.496 e. The van der Waals surface area contributed by atoms with E-state index in [1.165, 1.54) is 6.20 Å². The Bertz CT molecular complexity index is 1470. The number of para-hydroxylation sites is 1. The molecule has 1 saturated heterocycles. The fourth-order valence-electron chi connectivity index (χ4n) is 4.00. The maximum Gasteiger partial charge on any atom is 0.476 e. The number of aliphatic hydroxyl groups excluding tert-OH is 2. The highest BCUT2D eigenvalue weighted by atomic mass is 31.3. The Morgan fingerprint density at radius 1 is 1.13 bits per heavy atom. The third kappa shape index (κ3) is 6.86. The minimum absolute atomic E-state index is 0.214. The number of nitrogens with zero attached hydrogens (tertiary/aromatic N) is 3. The van der Waals surface area contributed by atoms with Crippen LogP contribution >= 0.6 is 16.4 Å². The van der Waals surface area contributed by atoms with E-state index in [1.54, 1.807) is 25.3 Å². The third-order valence-electron chi connectivity index (χ3n) is 5.79. The number of methoxy groups -OCH3 is 1. The van der Waals surface area contributed by atoms with Crippen LogP contribution in [0.25, 0.3) is 11.1 Å². The first-order chi connectivity index (χ1) is 18.5. The van der Waals surface area contributed by atoms with Crippen molar-refractivity contribution in [1.29, 1.82) is 0 Å². The summed E-state index contributed by atoms with van der Waals surface area (Å²) in [4.78, 5) is 57.0. The molecular formula is C22H25N3O12P2. The lowest BCUT2D eigenvalue weighted by molar-refractivity contribution is -0.0531. The van der Waals surface area contributed by atoms with Crippen LogP contribution in [0.5, 0.6) is 5.75 Å². The lowest BCUT2D eigenvalue weighted by atomic mass is 10.0. The number of aromatic nitrogens is 3. The van der Waals surface area contributed by atoms with Gasteiger partial charge in [-0.1, -0.05) is 18.2 Å². The Kier molecular flexibility index (Phi) is 9.09. The monoisotopic (exact) mass is 585 g/mol. The zero-order valence-electron chi connectivity index (χ0n) is 20.2. The maximum absolute atomic E-state index is 13.2. The molecular weight excluding hydrogens is 560 g/mol. The van der Waals surface area contributed by atoms with Gasteiger partial charge in [-0.3, -0.25) is 18.9 Å². The number of hydrogen-bond donors (Lipinski definition) is 5. The molecule has 1 aliphatic heterocycles. The fraction of sp³-hybridized carbons (Fsp3) is 0.318. The summed E-state index contributed by atoms with van der Waals surface area (Å²) in [6, 6.07) is 11.8. The molecule has 0 spiro atoms. The van der Waals surface area contributed by atoms with Crippen molar-refractivity contribution in [2.45, 2.75) is 31.1 Å². The average Bonchev–Trinajstić information content (AvgIpc) is 3.17. The van der Waals surface area contributed by atoms with Crippen LogP contribution in [0.2, 0.25) is 0 Å². The SMILES string of the molecule is COc1ccccc1-c1ccnc(Cn2c(=O)ccn(C3OC(COP(O)OP(=O)(O)O)C(O)C3O)c2=O)c1. The molecule has 5 atom stereocenters. The van der Waals surface area contributed by atoms with Gasteiger partial charge >= 0.3 is 22.1 Å². The predicted octanol–water partition coefficient (Wildman–Crippen LogP) is 0.0932. The highest BCUT2D eigenvalue weighted by molar-refractivity contribution is 7.57. The van der Waals surface area contributed by atoms with Gasteiger partial charge in [0.05, 0.1) is 26.0 Å². The van der Waals surface area contributed by atoms with Crippen LogP contribution in [-0.4, -0.2) is 71.0 Å². The first-order valence-electron chi connectivity index (χ1n) is 11.3. The smallest absolute Gasteiger partial charge is 0.476 e. The van der Waals surface area contributed by atoms with E-state index < -0.39 is 58.8 Å². The summed E-state index contributed by atoms with van der Waals surface area (Å²) in [6.07, 6.45) is -3.40. The molecule has 39 heavy (non-hydrogen) atoms.